The lowest BCUT2D eigenvalue weighted by Gasteiger charge is -2.08. The van der Waals surface area contributed by atoms with Crippen LogP contribution in [-0.2, 0) is 4.79 Å². The molecule has 0 aromatic carbocycles. The first-order chi connectivity index (χ1) is 6.97. The van der Waals surface area contributed by atoms with Crippen molar-refractivity contribution < 1.29 is 4.79 Å². The second kappa shape index (κ2) is 6.83. The van der Waals surface area contributed by atoms with E-state index in [1.807, 2.05) is 0 Å². The van der Waals surface area contributed by atoms with E-state index in [0.29, 0.717) is 18.5 Å². The number of hydrogen-bond donors (Lipinski definition) is 4. The summed E-state index contributed by atoms with van der Waals surface area (Å²) in [4.78, 5) is 14.8. The van der Waals surface area contributed by atoms with Crippen molar-refractivity contribution in [2.24, 2.45) is 27.9 Å². The fourth-order valence-electron chi connectivity index (χ4n) is 1.07. The quantitative estimate of drug-likeness (QED) is 0.250. The van der Waals surface area contributed by atoms with Crippen molar-refractivity contribution in [3.8, 4) is 0 Å². The molecule has 0 spiro atoms. The lowest BCUT2D eigenvalue weighted by Crippen LogP contribution is -2.25. The van der Waals surface area contributed by atoms with E-state index in [-0.39, 0.29) is 12.0 Å². The van der Waals surface area contributed by atoms with Gasteiger partial charge in [-0.05, 0) is 26.3 Å². The van der Waals surface area contributed by atoms with Crippen LogP contribution in [0, 0.1) is 0 Å². The Morgan fingerprint density at radius 1 is 1.40 bits per heavy atom. The number of hydrogen-bond acceptors (Lipinski definition) is 3. The highest BCUT2D eigenvalue weighted by molar-refractivity contribution is 5.91. The first kappa shape index (κ1) is 13.4. The smallest absolute Gasteiger partial charge is 0.244 e. The molecule has 0 radical (unpaired) electrons. The molecule has 0 heterocycles. The minimum atomic E-state index is -0.474. The van der Waals surface area contributed by atoms with E-state index in [2.05, 4.69) is 4.99 Å². The van der Waals surface area contributed by atoms with Gasteiger partial charge in [-0.2, -0.15) is 0 Å². The zero-order valence-corrected chi connectivity index (χ0v) is 8.94. The van der Waals surface area contributed by atoms with Gasteiger partial charge in [0.25, 0.3) is 0 Å². The summed E-state index contributed by atoms with van der Waals surface area (Å²) >= 11 is 0. The van der Waals surface area contributed by atoms with Gasteiger partial charge < -0.3 is 22.9 Å². The third-order valence-corrected chi connectivity index (χ3v) is 1.85. The SMILES string of the molecule is C/C(=C\C(CCCN)N=C(N)N)C(N)=O. The molecule has 1 unspecified atom stereocenters. The van der Waals surface area contributed by atoms with Crippen molar-refractivity contribution >= 4 is 11.9 Å². The van der Waals surface area contributed by atoms with Crippen LogP contribution >= 0.6 is 0 Å². The van der Waals surface area contributed by atoms with E-state index in [4.69, 9.17) is 22.9 Å². The van der Waals surface area contributed by atoms with Gasteiger partial charge >= 0.3 is 0 Å². The van der Waals surface area contributed by atoms with Crippen molar-refractivity contribution in [3.05, 3.63) is 11.6 Å². The van der Waals surface area contributed by atoms with E-state index in [0.717, 1.165) is 6.42 Å². The molecule has 0 aromatic heterocycles. The van der Waals surface area contributed by atoms with Gasteiger partial charge in [-0.25, -0.2) is 4.99 Å². The minimum absolute atomic E-state index is 0.00876. The lowest BCUT2D eigenvalue weighted by molar-refractivity contribution is -0.114. The summed E-state index contributed by atoms with van der Waals surface area (Å²) in [6, 6.07) is -0.231. The molecule has 6 nitrogen and oxygen atoms in total. The molecule has 0 saturated heterocycles. The van der Waals surface area contributed by atoms with Gasteiger partial charge in [-0.15, -0.1) is 0 Å². The molecule has 0 rings (SSSR count). The summed E-state index contributed by atoms with van der Waals surface area (Å²) < 4.78 is 0. The summed E-state index contributed by atoms with van der Waals surface area (Å²) in [5.41, 5.74) is 21.5. The van der Waals surface area contributed by atoms with Gasteiger partial charge in [0.15, 0.2) is 5.96 Å². The number of carbonyl (C=O) groups is 1. The number of nitrogens with zero attached hydrogens (tertiary/aromatic N) is 1. The fraction of sp³-hybridized carbons (Fsp3) is 0.556. The van der Waals surface area contributed by atoms with Crippen LogP contribution in [0.1, 0.15) is 19.8 Å². The van der Waals surface area contributed by atoms with Crippen LogP contribution in [0.25, 0.3) is 0 Å². The van der Waals surface area contributed by atoms with Gasteiger partial charge in [0.2, 0.25) is 5.91 Å². The average Bonchev–Trinajstić information content (AvgIpc) is 2.13. The molecule has 6 heteroatoms. The van der Waals surface area contributed by atoms with Crippen molar-refractivity contribution in [1.82, 2.24) is 0 Å². The van der Waals surface area contributed by atoms with Crippen molar-refractivity contribution in [2.75, 3.05) is 6.54 Å². The highest BCUT2D eigenvalue weighted by Gasteiger charge is 2.06. The Labute approximate surface area is 89.4 Å². The number of amides is 1. The number of rotatable bonds is 6. The zero-order chi connectivity index (χ0) is 11.8. The maximum atomic E-state index is 10.8. The molecule has 0 aliphatic rings. The third-order valence-electron chi connectivity index (χ3n) is 1.85. The van der Waals surface area contributed by atoms with Gasteiger partial charge in [0.1, 0.15) is 0 Å². The third kappa shape index (κ3) is 6.50. The molecule has 8 N–H and O–H groups in total. The molecule has 86 valence electrons. The fourth-order valence-corrected chi connectivity index (χ4v) is 1.07. The summed E-state index contributed by atoms with van der Waals surface area (Å²) in [7, 11) is 0. The van der Waals surface area contributed by atoms with E-state index < -0.39 is 5.91 Å². The molecule has 15 heavy (non-hydrogen) atoms. The van der Waals surface area contributed by atoms with Crippen LogP contribution in [-0.4, -0.2) is 24.5 Å². The predicted octanol–water partition coefficient (Wildman–Crippen LogP) is -1.20. The summed E-state index contributed by atoms with van der Waals surface area (Å²) in [6.07, 6.45) is 3.13. The van der Waals surface area contributed by atoms with E-state index in [1.54, 1.807) is 13.0 Å². The van der Waals surface area contributed by atoms with E-state index in [9.17, 15) is 4.79 Å². The zero-order valence-electron chi connectivity index (χ0n) is 8.94. The lowest BCUT2D eigenvalue weighted by atomic mass is 10.1. The van der Waals surface area contributed by atoms with Crippen molar-refractivity contribution in [3.63, 3.8) is 0 Å². The molecule has 0 bridgehead atoms. The first-order valence-electron chi connectivity index (χ1n) is 4.74. The predicted molar refractivity (Wildman–Crippen MR) is 60.8 cm³/mol. The molecular weight excluding hydrogens is 194 g/mol. The topological polar surface area (TPSA) is 134 Å². The maximum Gasteiger partial charge on any atom is 0.244 e. The Morgan fingerprint density at radius 2 is 2.00 bits per heavy atom. The van der Waals surface area contributed by atoms with Gasteiger partial charge in [0.05, 0.1) is 6.04 Å². The Morgan fingerprint density at radius 3 is 2.40 bits per heavy atom. The van der Waals surface area contributed by atoms with Crippen molar-refractivity contribution in [1.29, 1.82) is 0 Å². The van der Waals surface area contributed by atoms with Crippen LogP contribution in [0.4, 0.5) is 0 Å². The van der Waals surface area contributed by atoms with E-state index >= 15 is 0 Å². The monoisotopic (exact) mass is 213 g/mol. The second-order valence-electron chi connectivity index (χ2n) is 3.27. The highest BCUT2D eigenvalue weighted by atomic mass is 16.1. The largest absolute Gasteiger partial charge is 0.370 e. The molecular formula is C9H19N5O. The number of aliphatic imine (C=N–C) groups is 1. The maximum absolute atomic E-state index is 10.8. The van der Waals surface area contributed by atoms with Crippen LogP contribution < -0.4 is 22.9 Å². The van der Waals surface area contributed by atoms with Crippen LogP contribution in [0.5, 0.6) is 0 Å². The second-order valence-corrected chi connectivity index (χ2v) is 3.27. The molecule has 0 saturated carbocycles. The number of primary amides is 1. The molecule has 1 amide bonds. The number of nitrogens with two attached hydrogens (primary N) is 4. The summed E-state index contributed by atoms with van der Waals surface area (Å²) in [6.45, 7) is 2.18. The van der Waals surface area contributed by atoms with Crippen LogP contribution in [0.15, 0.2) is 16.6 Å². The highest BCUT2D eigenvalue weighted by Crippen LogP contribution is 2.06. The van der Waals surface area contributed by atoms with Gasteiger partial charge in [-0.1, -0.05) is 6.08 Å². The van der Waals surface area contributed by atoms with E-state index in [1.165, 1.54) is 0 Å². The molecule has 0 aliphatic heterocycles. The molecule has 0 fully saturated rings. The Hall–Kier alpha value is -1.56. The Balaban J connectivity index is 4.56. The van der Waals surface area contributed by atoms with Crippen molar-refractivity contribution in [2.45, 2.75) is 25.8 Å². The number of guanidine groups is 1. The Kier molecular flexibility index (Phi) is 6.12. The molecule has 0 aliphatic carbocycles. The number of carbonyl (C=O) groups excluding carboxylic acids is 1. The molecule has 1 atom stereocenters. The van der Waals surface area contributed by atoms with Crippen LogP contribution in [0.2, 0.25) is 0 Å². The van der Waals surface area contributed by atoms with Gasteiger partial charge in [-0.3, -0.25) is 4.79 Å². The minimum Gasteiger partial charge on any atom is -0.370 e. The summed E-state index contributed by atoms with van der Waals surface area (Å²) in [5.74, 6) is -0.482. The standard InChI is InChI=1S/C9H19N5O/c1-6(8(11)15)5-7(3-2-4-10)14-9(12)13/h5,7H,2-4,10H2,1H3,(H2,11,15)(H4,12,13,14)/b6-5+. The normalized spacial score (nSPS) is 13.3. The average molecular weight is 213 g/mol. The molecule has 0 aromatic rings. The summed E-state index contributed by atoms with van der Waals surface area (Å²) in [5, 5.41) is 0. The Bertz CT molecular complexity index is 268. The first-order valence-corrected chi connectivity index (χ1v) is 4.74. The van der Waals surface area contributed by atoms with Gasteiger partial charge in [0, 0.05) is 5.57 Å². The van der Waals surface area contributed by atoms with Crippen LogP contribution in [0.3, 0.4) is 0 Å².